The first-order chi connectivity index (χ1) is 10.9. The van der Waals surface area contributed by atoms with Crippen LogP contribution in [0.25, 0.3) is 0 Å². The van der Waals surface area contributed by atoms with Crippen LogP contribution in [-0.4, -0.2) is 27.4 Å². The lowest BCUT2D eigenvalue weighted by Crippen LogP contribution is -2.46. The normalized spacial score (nSPS) is 12.6. The topological polar surface area (TPSA) is 75.3 Å². The molecule has 0 aliphatic rings. The van der Waals surface area contributed by atoms with Crippen LogP contribution in [0.5, 0.6) is 0 Å². The van der Waals surface area contributed by atoms with Crippen molar-refractivity contribution in [2.24, 2.45) is 0 Å². The number of carbonyl (C=O) groups is 1. The van der Waals surface area contributed by atoms with E-state index in [0.29, 0.717) is 0 Å². The van der Waals surface area contributed by atoms with Gasteiger partial charge in [0, 0.05) is 11.5 Å². The standard InChI is InChI=1S/C16H17BrN2O3S/c1-18-16(20)15(11-12-5-3-2-4-6-12)19-23(21,22)14-9-7-13(17)8-10-14/h2-10,15,19H,11H2,1H3,(H,18,20)/t15-/m1/s1. The number of sulfonamides is 1. The minimum Gasteiger partial charge on any atom is -0.358 e. The summed E-state index contributed by atoms with van der Waals surface area (Å²) in [5.74, 6) is -0.380. The lowest BCUT2D eigenvalue weighted by atomic mass is 10.1. The van der Waals surface area contributed by atoms with Crippen molar-refractivity contribution < 1.29 is 13.2 Å². The zero-order chi connectivity index (χ0) is 16.9. The molecule has 1 amide bonds. The Bertz CT molecular complexity index is 762. The average molecular weight is 397 g/mol. The Morgan fingerprint density at radius 3 is 2.26 bits per heavy atom. The number of rotatable bonds is 6. The molecule has 0 saturated heterocycles. The Hall–Kier alpha value is -1.70. The minimum atomic E-state index is -3.78. The summed E-state index contributed by atoms with van der Waals surface area (Å²) in [7, 11) is -2.30. The van der Waals surface area contributed by atoms with Crippen molar-refractivity contribution in [3.8, 4) is 0 Å². The van der Waals surface area contributed by atoms with Gasteiger partial charge in [-0.25, -0.2) is 8.42 Å². The van der Waals surface area contributed by atoms with Gasteiger partial charge in [0.2, 0.25) is 15.9 Å². The molecule has 5 nitrogen and oxygen atoms in total. The van der Waals surface area contributed by atoms with E-state index in [9.17, 15) is 13.2 Å². The zero-order valence-electron chi connectivity index (χ0n) is 12.5. The lowest BCUT2D eigenvalue weighted by Gasteiger charge is -2.17. The van der Waals surface area contributed by atoms with E-state index in [1.165, 1.54) is 19.2 Å². The summed E-state index contributed by atoms with van der Waals surface area (Å²) in [5, 5.41) is 2.50. The van der Waals surface area contributed by atoms with Crippen LogP contribution in [0.4, 0.5) is 0 Å². The number of hydrogen-bond donors (Lipinski definition) is 2. The highest BCUT2D eigenvalue weighted by Crippen LogP contribution is 2.15. The summed E-state index contributed by atoms with van der Waals surface area (Å²) in [4.78, 5) is 12.1. The number of carbonyl (C=O) groups excluding carboxylic acids is 1. The van der Waals surface area contributed by atoms with Gasteiger partial charge < -0.3 is 5.32 Å². The Labute approximate surface area is 144 Å². The molecule has 2 N–H and O–H groups in total. The summed E-state index contributed by atoms with van der Waals surface area (Å²) in [6.45, 7) is 0. The maximum absolute atomic E-state index is 12.5. The number of halogens is 1. The maximum Gasteiger partial charge on any atom is 0.241 e. The van der Waals surface area contributed by atoms with Gasteiger partial charge in [0.25, 0.3) is 0 Å². The van der Waals surface area contributed by atoms with E-state index in [4.69, 9.17) is 0 Å². The molecule has 0 aromatic heterocycles. The first-order valence-electron chi connectivity index (χ1n) is 6.96. The fourth-order valence-electron chi connectivity index (χ4n) is 2.08. The van der Waals surface area contributed by atoms with Crippen molar-refractivity contribution in [2.45, 2.75) is 17.4 Å². The molecule has 122 valence electrons. The molecule has 0 bridgehead atoms. The van der Waals surface area contributed by atoms with Crippen LogP contribution in [0.1, 0.15) is 5.56 Å². The van der Waals surface area contributed by atoms with Gasteiger partial charge in [-0.2, -0.15) is 4.72 Å². The molecule has 23 heavy (non-hydrogen) atoms. The van der Waals surface area contributed by atoms with Gasteiger partial charge in [-0.1, -0.05) is 46.3 Å². The van der Waals surface area contributed by atoms with E-state index in [1.54, 1.807) is 12.1 Å². The second kappa shape index (κ2) is 7.72. The third kappa shape index (κ3) is 4.89. The molecule has 0 radical (unpaired) electrons. The molecule has 2 rings (SSSR count). The van der Waals surface area contributed by atoms with Crippen LogP contribution in [0.15, 0.2) is 64.0 Å². The Morgan fingerprint density at radius 1 is 1.09 bits per heavy atom. The predicted octanol–water partition coefficient (Wildman–Crippen LogP) is 2.08. The predicted molar refractivity (Wildman–Crippen MR) is 92.5 cm³/mol. The van der Waals surface area contributed by atoms with E-state index < -0.39 is 16.1 Å². The first-order valence-corrected chi connectivity index (χ1v) is 9.23. The Balaban J connectivity index is 2.23. The highest BCUT2D eigenvalue weighted by atomic mass is 79.9. The molecule has 0 aliphatic carbocycles. The summed E-state index contributed by atoms with van der Waals surface area (Å²) in [5.41, 5.74) is 0.875. The third-order valence-corrected chi connectivity index (χ3v) is 5.28. The third-order valence-electron chi connectivity index (χ3n) is 3.27. The molecule has 2 aromatic rings. The summed E-state index contributed by atoms with van der Waals surface area (Å²) in [6.07, 6.45) is 0.274. The van der Waals surface area contributed by atoms with Gasteiger partial charge in [-0.3, -0.25) is 4.79 Å². The van der Waals surface area contributed by atoms with Crippen LogP contribution in [-0.2, 0) is 21.2 Å². The lowest BCUT2D eigenvalue weighted by molar-refractivity contribution is -0.122. The van der Waals surface area contributed by atoms with Gasteiger partial charge >= 0.3 is 0 Å². The highest BCUT2D eigenvalue weighted by molar-refractivity contribution is 9.10. The minimum absolute atomic E-state index is 0.114. The van der Waals surface area contributed by atoms with Crippen molar-refractivity contribution >= 4 is 31.9 Å². The quantitative estimate of drug-likeness (QED) is 0.784. The van der Waals surface area contributed by atoms with Crippen LogP contribution >= 0.6 is 15.9 Å². The van der Waals surface area contributed by atoms with Crippen molar-refractivity contribution in [1.82, 2.24) is 10.0 Å². The molecule has 2 aromatic carbocycles. The molecule has 7 heteroatoms. The maximum atomic E-state index is 12.5. The van der Waals surface area contributed by atoms with Crippen molar-refractivity contribution in [2.75, 3.05) is 7.05 Å². The number of likely N-dealkylation sites (N-methyl/N-ethyl adjacent to an activating group) is 1. The first kappa shape index (κ1) is 17.7. The molecule has 0 spiro atoms. The summed E-state index contributed by atoms with van der Waals surface area (Å²) >= 11 is 3.26. The average Bonchev–Trinajstić information content (AvgIpc) is 2.54. The van der Waals surface area contributed by atoms with E-state index in [-0.39, 0.29) is 17.2 Å². The van der Waals surface area contributed by atoms with Gasteiger partial charge in [0.05, 0.1) is 4.90 Å². The molecule has 0 heterocycles. The largest absolute Gasteiger partial charge is 0.358 e. The molecule has 0 saturated carbocycles. The van der Waals surface area contributed by atoms with Gasteiger partial charge in [-0.15, -0.1) is 0 Å². The van der Waals surface area contributed by atoms with Crippen molar-refractivity contribution in [3.63, 3.8) is 0 Å². The smallest absolute Gasteiger partial charge is 0.241 e. The Kier molecular flexibility index (Phi) is 5.92. The van der Waals surface area contributed by atoms with Gasteiger partial charge in [0.1, 0.15) is 6.04 Å². The fourth-order valence-corrected chi connectivity index (χ4v) is 3.54. The summed E-state index contributed by atoms with van der Waals surface area (Å²) < 4.78 is 28.2. The molecular weight excluding hydrogens is 380 g/mol. The molecular formula is C16H17BrN2O3S. The van der Waals surface area contributed by atoms with Crippen LogP contribution < -0.4 is 10.0 Å². The number of hydrogen-bond acceptors (Lipinski definition) is 3. The van der Waals surface area contributed by atoms with Crippen LogP contribution in [0, 0.1) is 0 Å². The van der Waals surface area contributed by atoms with Gasteiger partial charge in [0.15, 0.2) is 0 Å². The van der Waals surface area contributed by atoms with E-state index >= 15 is 0 Å². The number of amides is 1. The highest BCUT2D eigenvalue weighted by Gasteiger charge is 2.25. The zero-order valence-corrected chi connectivity index (χ0v) is 14.9. The second-order valence-electron chi connectivity index (χ2n) is 4.93. The molecule has 0 fully saturated rings. The van der Waals surface area contributed by atoms with E-state index in [1.807, 2.05) is 30.3 Å². The summed E-state index contributed by atoms with van der Waals surface area (Å²) in [6, 6.07) is 14.6. The molecule has 0 aliphatic heterocycles. The molecule has 0 unspecified atom stereocenters. The fraction of sp³-hybridized carbons (Fsp3) is 0.188. The SMILES string of the molecule is CNC(=O)[C@@H](Cc1ccccc1)NS(=O)(=O)c1ccc(Br)cc1. The van der Waals surface area contributed by atoms with Gasteiger partial charge in [-0.05, 0) is 36.2 Å². The number of nitrogens with one attached hydrogen (secondary N) is 2. The van der Waals surface area contributed by atoms with Crippen LogP contribution in [0.3, 0.4) is 0 Å². The molecule has 1 atom stereocenters. The van der Waals surface area contributed by atoms with Crippen molar-refractivity contribution in [3.05, 3.63) is 64.6 Å². The second-order valence-corrected chi connectivity index (χ2v) is 7.56. The monoisotopic (exact) mass is 396 g/mol. The number of benzene rings is 2. The Morgan fingerprint density at radius 2 is 1.70 bits per heavy atom. The van der Waals surface area contributed by atoms with E-state index in [0.717, 1.165) is 10.0 Å². The van der Waals surface area contributed by atoms with Crippen molar-refractivity contribution in [1.29, 1.82) is 0 Å². The van der Waals surface area contributed by atoms with Crippen LogP contribution in [0.2, 0.25) is 0 Å². The van der Waals surface area contributed by atoms with E-state index in [2.05, 4.69) is 26.0 Å².